The van der Waals surface area contributed by atoms with E-state index in [2.05, 4.69) is 0 Å². The van der Waals surface area contributed by atoms with Gasteiger partial charge >= 0.3 is 46.1 Å². The molecule has 0 saturated heterocycles. The maximum Gasteiger partial charge on any atom is 2.00 e. The van der Waals surface area contributed by atoms with Crippen LogP contribution in [0.5, 0.6) is 0 Å². The average Bonchev–Trinajstić information content (AvgIpc) is 2.53. The van der Waals surface area contributed by atoms with Crippen molar-refractivity contribution in [1.82, 2.24) is 0 Å². The second-order valence-corrected chi connectivity index (χ2v) is 4.79. The Kier molecular flexibility index (Phi) is 26.3. The molecular weight excluding hydrogens is 393 g/mol. The van der Waals surface area contributed by atoms with Crippen molar-refractivity contribution < 1.29 is 39.6 Å². The minimum absolute atomic E-state index is 0. The van der Waals surface area contributed by atoms with Gasteiger partial charge < -0.3 is 39.6 Å². The molecule has 0 N–H and O–H groups in total. The molecule has 0 bridgehead atoms. The van der Waals surface area contributed by atoms with Gasteiger partial charge in [0.05, 0.1) is 23.9 Å². The first-order chi connectivity index (χ1) is 12.1. The van der Waals surface area contributed by atoms with E-state index in [9.17, 15) is 39.6 Å². The van der Waals surface area contributed by atoms with Crippen molar-refractivity contribution in [2.75, 3.05) is 0 Å². The average molecular weight is 413 g/mol. The molecule has 0 heterocycles. The van der Waals surface area contributed by atoms with Gasteiger partial charge in [-0.1, -0.05) is 51.0 Å². The molecule has 0 unspecified atom stereocenters. The number of hydrogen-bond acceptors (Lipinski definition) is 8. The molecule has 0 spiro atoms. The van der Waals surface area contributed by atoms with Gasteiger partial charge in [-0.25, -0.2) is 0 Å². The molecule has 8 nitrogen and oxygen atoms in total. The van der Waals surface area contributed by atoms with Crippen LogP contribution >= 0.6 is 0 Å². The molecule has 0 amide bonds. The first-order valence-electron chi connectivity index (χ1n) is 7.76. The minimum atomic E-state index is -1.54. The van der Waals surface area contributed by atoms with Crippen molar-refractivity contribution in [1.29, 1.82) is 0 Å². The minimum Gasteiger partial charge on any atom is -0.545 e. The van der Waals surface area contributed by atoms with E-state index in [0.717, 1.165) is 12.8 Å². The molecular formula is C18H20Mg2O8. The summed E-state index contributed by atoms with van der Waals surface area (Å²) in [6, 6.07) is 0. The van der Waals surface area contributed by atoms with Crippen LogP contribution in [0.4, 0.5) is 0 Å². The van der Waals surface area contributed by atoms with Crippen molar-refractivity contribution in [3.63, 3.8) is 0 Å². The number of hydrogen-bond donors (Lipinski definition) is 0. The van der Waals surface area contributed by atoms with E-state index in [4.69, 9.17) is 0 Å². The third kappa shape index (κ3) is 22.4. The van der Waals surface area contributed by atoms with Gasteiger partial charge in [0.2, 0.25) is 0 Å². The molecule has 0 rings (SSSR count). The van der Waals surface area contributed by atoms with Crippen LogP contribution in [0.25, 0.3) is 0 Å². The van der Waals surface area contributed by atoms with Crippen molar-refractivity contribution in [3.05, 3.63) is 47.6 Å². The third-order valence-corrected chi connectivity index (χ3v) is 2.52. The number of carbonyl (C=O) groups is 4. The van der Waals surface area contributed by atoms with E-state index < -0.39 is 23.9 Å². The third-order valence-electron chi connectivity index (χ3n) is 2.52. The summed E-state index contributed by atoms with van der Waals surface area (Å²) < 4.78 is 0. The summed E-state index contributed by atoms with van der Waals surface area (Å²) in [5.74, 6) is -6.12. The maximum atomic E-state index is 10.3. The topological polar surface area (TPSA) is 161 Å². The Morgan fingerprint density at radius 1 is 0.643 bits per heavy atom. The second kappa shape index (κ2) is 21.7. The number of carboxylic acid groups (broad SMARTS) is 4. The maximum absolute atomic E-state index is 10.3. The zero-order valence-electron chi connectivity index (χ0n) is 16.0. The van der Waals surface area contributed by atoms with Crippen molar-refractivity contribution in [2.24, 2.45) is 0 Å². The molecule has 0 aromatic rings. The summed E-state index contributed by atoms with van der Waals surface area (Å²) in [4.78, 5) is 40.7. The van der Waals surface area contributed by atoms with E-state index in [1.54, 1.807) is 12.2 Å². The van der Waals surface area contributed by atoms with Crippen LogP contribution in [-0.4, -0.2) is 70.0 Å². The number of unbranched alkanes of at least 4 members (excludes halogenated alkanes) is 2. The number of rotatable bonds is 10. The van der Waals surface area contributed by atoms with Crippen molar-refractivity contribution in [3.8, 4) is 0 Å². The molecule has 0 atom stereocenters. The molecule has 0 aliphatic carbocycles. The monoisotopic (exact) mass is 412 g/mol. The van der Waals surface area contributed by atoms with Gasteiger partial charge in [0.1, 0.15) is 0 Å². The summed E-state index contributed by atoms with van der Waals surface area (Å²) in [7, 11) is 0. The Bertz CT molecular complexity index is 565. The first kappa shape index (κ1) is 33.9. The summed E-state index contributed by atoms with van der Waals surface area (Å²) in [6.07, 6.45) is 9.67. The fraction of sp³-hybridized carbons (Fsp3) is 0.333. The van der Waals surface area contributed by atoms with Gasteiger partial charge in [-0.05, 0) is 36.1 Å². The van der Waals surface area contributed by atoms with Crippen LogP contribution in [0.3, 0.4) is 0 Å². The van der Waals surface area contributed by atoms with Crippen LogP contribution < -0.4 is 20.4 Å². The zero-order valence-corrected chi connectivity index (χ0v) is 18.8. The van der Waals surface area contributed by atoms with Gasteiger partial charge in [0.15, 0.2) is 0 Å². The van der Waals surface area contributed by atoms with E-state index in [1.165, 1.54) is 12.2 Å². The molecule has 0 fully saturated rings. The van der Waals surface area contributed by atoms with Crippen LogP contribution in [0.15, 0.2) is 47.6 Å². The number of carboxylic acids is 4. The number of aliphatic carboxylic acids is 4. The Morgan fingerprint density at radius 3 is 1.11 bits per heavy atom. The van der Waals surface area contributed by atoms with Crippen LogP contribution in [0, 0.1) is 0 Å². The summed E-state index contributed by atoms with van der Waals surface area (Å²) in [5.41, 5.74) is -0.762. The molecule has 144 valence electrons. The number of allylic oxidation sites excluding steroid dienone is 2. The normalized spacial score (nSPS) is 11.1. The zero-order chi connectivity index (χ0) is 20.5. The van der Waals surface area contributed by atoms with E-state index >= 15 is 0 Å². The van der Waals surface area contributed by atoms with E-state index in [-0.39, 0.29) is 57.3 Å². The molecule has 0 radical (unpaired) electrons. The Labute approximate surface area is 196 Å². The predicted octanol–water partition coefficient (Wildman–Crippen LogP) is -3.22. The summed E-state index contributed by atoms with van der Waals surface area (Å²) in [6.45, 7) is 3.84. The molecule has 0 aliphatic heterocycles. The first-order valence-corrected chi connectivity index (χ1v) is 7.76. The largest absolute Gasteiger partial charge is 2.00 e. The number of carbonyl (C=O) groups excluding carboxylic acids is 4. The SMILES string of the molecule is CCC/C=C/C(=C/C(=O)[O-])C(=O)[O-].CCC/C=C/C(=C/C(=O)[O-])C(=O)[O-].[Mg+2].[Mg+2]. The molecule has 0 aliphatic rings. The Balaban J connectivity index is -0.000000192. The Morgan fingerprint density at radius 2 is 0.929 bits per heavy atom. The molecule has 0 aromatic carbocycles. The fourth-order valence-electron chi connectivity index (χ4n) is 1.36. The van der Waals surface area contributed by atoms with Gasteiger partial charge in [-0.2, -0.15) is 0 Å². The Hall–Kier alpha value is -1.63. The standard InChI is InChI=1S/2C9H12O4.2Mg/c2*1-2-3-4-5-7(9(12)13)6-8(10)11;;/h2*4-6H,2-3H2,1H3,(H,10,11)(H,12,13);;/q;;2*+2/p-4/b2*5-4+,7-6-;;. The van der Waals surface area contributed by atoms with E-state index in [0.29, 0.717) is 25.0 Å². The van der Waals surface area contributed by atoms with Crippen LogP contribution in [0.1, 0.15) is 39.5 Å². The molecule has 0 saturated carbocycles. The van der Waals surface area contributed by atoms with E-state index in [1.807, 2.05) is 13.8 Å². The molecule has 28 heavy (non-hydrogen) atoms. The van der Waals surface area contributed by atoms with Gasteiger partial charge in [0.25, 0.3) is 0 Å². The fourth-order valence-corrected chi connectivity index (χ4v) is 1.36. The second-order valence-electron chi connectivity index (χ2n) is 4.79. The quantitative estimate of drug-likeness (QED) is 0.205. The van der Waals surface area contributed by atoms with Crippen LogP contribution in [0.2, 0.25) is 0 Å². The smallest absolute Gasteiger partial charge is 0.545 e. The van der Waals surface area contributed by atoms with Crippen molar-refractivity contribution >= 4 is 70.0 Å². The predicted molar refractivity (Wildman–Crippen MR) is 95.8 cm³/mol. The van der Waals surface area contributed by atoms with Gasteiger partial charge in [-0.3, -0.25) is 0 Å². The summed E-state index contributed by atoms with van der Waals surface area (Å²) in [5, 5.41) is 40.7. The van der Waals surface area contributed by atoms with Crippen LogP contribution in [-0.2, 0) is 19.2 Å². The van der Waals surface area contributed by atoms with Crippen molar-refractivity contribution in [2.45, 2.75) is 39.5 Å². The molecule has 10 heteroatoms. The summed E-state index contributed by atoms with van der Waals surface area (Å²) >= 11 is 0. The molecule has 0 aromatic heterocycles. The van der Waals surface area contributed by atoms with Gasteiger partial charge in [-0.15, -0.1) is 0 Å². The van der Waals surface area contributed by atoms with Gasteiger partial charge in [0, 0.05) is 0 Å².